The van der Waals surface area contributed by atoms with Gasteiger partial charge in [0.05, 0.1) is 0 Å². The molecule has 1 aliphatic carbocycles. The van der Waals surface area contributed by atoms with Crippen molar-refractivity contribution in [3.63, 3.8) is 0 Å². The molecule has 1 aromatic carbocycles. The molecule has 1 heteroatoms. The molecule has 0 bridgehead atoms. The van der Waals surface area contributed by atoms with Gasteiger partial charge < -0.3 is 0 Å². The maximum atomic E-state index is 12.0. The van der Waals surface area contributed by atoms with Gasteiger partial charge in [0.25, 0.3) is 0 Å². The van der Waals surface area contributed by atoms with Gasteiger partial charge >= 0.3 is 0 Å². The van der Waals surface area contributed by atoms with Crippen LogP contribution < -0.4 is 0 Å². The van der Waals surface area contributed by atoms with Crippen molar-refractivity contribution >= 4 is 5.78 Å². The van der Waals surface area contributed by atoms with E-state index >= 15 is 0 Å². The van der Waals surface area contributed by atoms with Crippen LogP contribution in [0.2, 0.25) is 0 Å². The largest absolute Gasteiger partial charge is 0.294 e. The quantitative estimate of drug-likeness (QED) is 0.700. The minimum Gasteiger partial charge on any atom is -0.294 e. The van der Waals surface area contributed by atoms with Crippen LogP contribution in [0.3, 0.4) is 0 Å². The van der Waals surface area contributed by atoms with E-state index in [0.717, 1.165) is 36.2 Å². The molecule has 0 heterocycles. The van der Waals surface area contributed by atoms with E-state index in [1.54, 1.807) is 0 Å². The summed E-state index contributed by atoms with van der Waals surface area (Å²) in [6, 6.07) is 9.69. The normalized spacial score (nSPS) is 28.0. The molecule has 0 radical (unpaired) electrons. The van der Waals surface area contributed by atoms with Crippen LogP contribution in [0.5, 0.6) is 0 Å². The van der Waals surface area contributed by atoms with Crippen LogP contribution in [-0.2, 0) is 0 Å². The molecule has 1 fully saturated rings. The Morgan fingerprint density at radius 3 is 2.50 bits per heavy atom. The fourth-order valence-electron chi connectivity index (χ4n) is 3.02. The number of hydrogen-bond donors (Lipinski definition) is 0. The van der Waals surface area contributed by atoms with Crippen LogP contribution in [0.25, 0.3) is 0 Å². The molecule has 1 aromatic rings. The van der Waals surface area contributed by atoms with Crippen molar-refractivity contribution in [2.24, 2.45) is 17.8 Å². The fraction of sp³-hybridized carbons (Fsp3) is 0.588. The van der Waals surface area contributed by atoms with Gasteiger partial charge in [0.1, 0.15) is 0 Å². The molecular formula is C17H24O. The smallest absolute Gasteiger partial charge is 0.162 e. The third-order valence-electron chi connectivity index (χ3n) is 4.58. The minimum absolute atomic E-state index is 0.307. The van der Waals surface area contributed by atoms with E-state index in [2.05, 4.69) is 13.8 Å². The first-order valence-electron chi connectivity index (χ1n) is 7.25. The lowest BCUT2D eigenvalue weighted by Crippen LogP contribution is -2.21. The zero-order chi connectivity index (χ0) is 13.0. The van der Waals surface area contributed by atoms with E-state index in [4.69, 9.17) is 0 Å². The predicted molar refractivity (Wildman–Crippen MR) is 75.7 cm³/mol. The standard InChI is InChI=1S/C17H24O/c1-13-8-9-15(12-14(13)2)10-11-17(18)16-6-4-3-5-7-16/h3-7,13-15H,8-12H2,1-2H3. The summed E-state index contributed by atoms with van der Waals surface area (Å²) in [5.74, 6) is 2.77. The van der Waals surface area contributed by atoms with Gasteiger partial charge in [0, 0.05) is 12.0 Å². The molecule has 0 saturated heterocycles. The highest BCUT2D eigenvalue weighted by atomic mass is 16.1. The van der Waals surface area contributed by atoms with Crippen LogP contribution >= 0.6 is 0 Å². The zero-order valence-electron chi connectivity index (χ0n) is 11.6. The highest BCUT2D eigenvalue weighted by Gasteiger charge is 2.24. The van der Waals surface area contributed by atoms with Crippen LogP contribution in [0.4, 0.5) is 0 Å². The topological polar surface area (TPSA) is 17.1 Å². The van der Waals surface area contributed by atoms with Crippen molar-refractivity contribution < 1.29 is 4.79 Å². The molecule has 1 saturated carbocycles. The van der Waals surface area contributed by atoms with Gasteiger partial charge in [-0.05, 0) is 30.6 Å². The molecular weight excluding hydrogens is 220 g/mol. The average Bonchev–Trinajstić information content (AvgIpc) is 2.41. The minimum atomic E-state index is 0.307. The maximum absolute atomic E-state index is 12.0. The second kappa shape index (κ2) is 6.17. The Bertz CT molecular complexity index is 382. The Hall–Kier alpha value is -1.11. The molecule has 0 amide bonds. The van der Waals surface area contributed by atoms with Gasteiger partial charge in [-0.15, -0.1) is 0 Å². The number of hydrogen-bond acceptors (Lipinski definition) is 1. The third kappa shape index (κ3) is 3.44. The summed E-state index contributed by atoms with van der Waals surface area (Å²) in [5, 5.41) is 0. The second-order valence-corrected chi connectivity index (χ2v) is 5.96. The number of carbonyl (C=O) groups is 1. The molecule has 0 spiro atoms. The number of Topliss-reactive ketones (excluding diaryl/α,β-unsaturated/α-hetero) is 1. The van der Waals surface area contributed by atoms with Gasteiger partial charge in [-0.25, -0.2) is 0 Å². The van der Waals surface area contributed by atoms with Gasteiger partial charge in [0.15, 0.2) is 5.78 Å². The number of ketones is 1. The van der Waals surface area contributed by atoms with Gasteiger partial charge in [-0.2, -0.15) is 0 Å². The van der Waals surface area contributed by atoms with Gasteiger partial charge in [-0.3, -0.25) is 4.79 Å². The van der Waals surface area contributed by atoms with Gasteiger partial charge in [0.2, 0.25) is 0 Å². The molecule has 0 aromatic heterocycles. The Morgan fingerprint density at radius 2 is 1.83 bits per heavy atom. The average molecular weight is 244 g/mol. The summed E-state index contributed by atoms with van der Waals surface area (Å²) < 4.78 is 0. The lowest BCUT2D eigenvalue weighted by molar-refractivity contribution is 0.0962. The summed E-state index contributed by atoms with van der Waals surface area (Å²) in [6.07, 6.45) is 5.75. The van der Waals surface area contributed by atoms with E-state index in [-0.39, 0.29) is 0 Å². The molecule has 0 N–H and O–H groups in total. The van der Waals surface area contributed by atoms with E-state index < -0.39 is 0 Å². The lowest BCUT2D eigenvalue weighted by atomic mass is 9.74. The number of carbonyl (C=O) groups excluding carboxylic acids is 1. The lowest BCUT2D eigenvalue weighted by Gasteiger charge is -2.31. The van der Waals surface area contributed by atoms with Crippen molar-refractivity contribution in [1.29, 1.82) is 0 Å². The molecule has 0 aliphatic heterocycles. The van der Waals surface area contributed by atoms with Crippen LogP contribution in [0.1, 0.15) is 56.3 Å². The van der Waals surface area contributed by atoms with Crippen molar-refractivity contribution in [3.8, 4) is 0 Å². The zero-order valence-corrected chi connectivity index (χ0v) is 11.6. The highest BCUT2D eigenvalue weighted by Crippen LogP contribution is 2.35. The number of rotatable bonds is 4. The summed E-state index contributed by atoms with van der Waals surface area (Å²) in [6.45, 7) is 4.71. The first-order valence-corrected chi connectivity index (χ1v) is 7.25. The molecule has 18 heavy (non-hydrogen) atoms. The highest BCUT2D eigenvalue weighted by molar-refractivity contribution is 5.95. The van der Waals surface area contributed by atoms with Crippen molar-refractivity contribution in [1.82, 2.24) is 0 Å². The van der Waals surface area contributed by atoms with Gasteiger partial charge in [-0.1, -0.05) is 57.0 Å². The monoisotopic (exact) mass is 244 g/mol. The Morgan fingerprint density at radius 1 is 1.11 bits per heavy atom. The maximum Gasteiger partial charge on any atom is 0.162 e. The summed E-state index contributed by atoms with van der Waals surface area (Å²) in [7, 11) is 0. The summed E-state index contributed by atoms with van der Waals surface area (Å²) >= 11 is 0. The Kier molecular flexibility index (Phi) is 4.57. The van der Waals surface area contributed by atoms with E-state index in [1.807, 2.05) is 30.3 Å². The first-order chi connectivity index (χ1) is 8.66. The Balaban J connectivity index is 1.80. The molecule has 1 aliphatic rings. The molecule has 98 valence electrons. The Labute approximate surface area is 111 Å². The van der Waals surface area contributed by atoms with Crippen molar-refractivity contribution in [3.05, 3.63) is 35.9 Å². The van der Waals surface area contributed by atoms with Crippen LogP contribution in [-0.4, -0.2) is 5.78 Å². The predicted octanol–water partition coefficient (Wildman–Crippen LogP) is 4.72. The van der Waals surface area contributed by atoms with Crippen LogP contribution in [0, 0.1) is 17.8 Å². The SMILES string of the molecule is CC1CCC(CCC(=O)c2ccccc2)CC1C. The van der Waals surface area contributed by atoms with E-state index in [1.165, 1.54) is 19.3 Å². The molecule has 3 atom stereocenters. The van der Waals surface area contributed by atoms with Crippen molar-refractivity contribution in [2.45, 2.75) is 46.0 Å². The third-order valence-corrected chi connectivity index (χ3v) is 4.58. The van der Waals surface area contributed by atoms with E-state index in [9.17, 15) is 4.79 Å². The van der Waals surface area contributed by atoms with Crippen molar-refractivity contribution in [2.75, 3.05) is 0 Å². The number of benzene rings is 1. The van der Waals surface area contributed by atoms with Crippen LogP contribution in [0.15, 0.2) is 30.3 Å². The first kappa shape index (κ1) is 13.3. The van der Waals surface area contributed by atoms with E-state index in [0.29, 0.717) is 5.78 Å². The fourth-order valence-corrected chi connectivity index (χ4v) is 3.02. The second-order valence-electron chi connectivity index (χ2n) is 5.96. The molecule has 3 unspecified atom stereocenters. The summed E-state index contributed by atoms with van der Waals surface area (Å²) in [5.41, 5.74) is 0.870. The summed E-state index contributed by atoms with van der Waals surface area (Å²) in [4.78, 5) is 12.0. The molecule has 1 nitrogen and oxygen atoms in total. The molecule has 2 rings (SSSR count).